The van der Waals surface area contributed by atoms with E-state index in [0.717, 1.165) is 17.0 Å². The van der Waals surface area contributed by atoms with Gasteiger partial charge in [0, 0.05) is 29.7 Å². The molecule has 0 amide bonds. The first kappa shape index (κ1) is 17.4. The number of hydrogen-bond acceptors (Lipinski definition) is 3. The van der Waals surface area contributed by atoms with Gasteiger partial charge in [-0.3, -0.25) is 4.79 Å². The summed E-state index contributed by atoms with van der Waals surface area (Å²) in [5.41, 5.74) is 2.76. The Kier molecular flexibility index (Phi) is 5.86. The van der Waals surface area contributed by atoms with Crippen LogP contribution in [0.1, 0.15) is 23.9 Å². The number of ether oxygens (including phenoxy) is 2. The predicted molar refractivity (Wildman–Crippen MR) is 97.3 cm³/mol. The number of hydrogen-bond donors (Lipinski definition) is 0. The van der Waals surface area contributed by atoms with Crippen molar-refractivity contribution in [3.8, 4) is 23.3 Å². The zero-order valence-electron chi connectivity index (χ0n) is 14.4. The van der Waals surface area contributed by atoms with Gasteiger partial charge in [0.15, 0.2) is 16.9 Å². The molecule has 0 aliphatic heterocycles. The van der Waals surface area contributed by atoms with Crippen molar-refractivity contribution in [3.05, 3.63) is 57.5 Å². The number of aryl methyl sites for hydroxylation is 2. The van der Waals surface area contributed by atoms with E-state index in [1.807, 2.05) is 48.9 Å². The molecule has 0 saturated carbocycles. The van der Waals surface area contributed by atoms with Gasteiger partial charge in [0.1, 0.15) is 6.61 Å². The van der Waals surface area contributed by atoms with E-state index in [1.54, 1.807) is 26.2 Å². The minimum absolute atomic E-state index is 0.0202. The van der Waals surface area contributed by atoms with Crippen LogP contribution in [0.15, 0.2) is 35.1 Å². The number of benzene rings is 1. The summed E-state index contributed by atoms with van der Waals surface area (Å²) < 4.78 is 12.9. The molecule has 0 N–H and O–H groups in total. The Balaban J connectivity index is 2.30. The lowest BCUT2D eigenvalue weighted by Gasteiger charge is -2.11. The van der Waals surface area contributed by atoms with Gasteiger partial charge in [-0.05, 0) is 44.5 Å². The van der Waals surface area contributed by atoms with E-state index in [-0.39, 0.29) is 5.43 Å². The fraction of sp³-hybridized carbons (Fsp3) is 0.250. The molecule has 1 heterocycles. The summed E-state index contributed by atoms with van der Waals surface area (Å²) in [7, 11) is 1.61. The Morgan fingerprint density at radius 3 is 2.46 bits per heavy atom. The standard InChI is InChI=1S/C20H21NO3/c1-5-6-11-24-20-14-17(7-8-19(20)23-4)9-10-21-15(2)12-18(22)13-16(21)3/h7-10,12-14H,11H2,1-4H3/b10-9+. The van der Waals surface area contributed by atoms with Gasteiger partial charge < -0.3 is 14.0 Å². The van der Waals surface area contributed by atoms with Gasteiger partial charge in [0.05, 0.1) is 7.11 Å². The van der Waals surface area contributed by atoms with Crippen LogP contribution >= 0.6 is 0 Å². The molecule has 1 aromatic carbocycles. The van der Waals surface area contributed by atoms with E-state index in [9.17, 15) is 4.79 Å². The average molecular weight is 323 g/mol. The second kappa shape index (κ2) is 8.07. The van der Waals surface area contributed by atoms with Crippen molar-refractivity contribution in [2.24, 2.45) is 0 Å². The van der Waals surface area contributed by atoms with E-state index in [4.69, 9.17) is 9.47 Å². The molecule has 24 heavy (non-hydrogen) atoms. The third kappa shape index (κ3) is 4.30. The second-order valence-corrected chi connectivity index (χ2v) is 5.29. The molecule has 0 saturated heterocycles. The lowest BCUT2D eigenvalue weighted by Crippen LogP contribution is -2.08. The van der Waals surface area contributed by atoms with E-state index in [1.165, 1.54) is 0 Å². The number of aromatic nitrogens is 1. The van der Waals surface area contributed by atoms with Crippen LogP contribution in [0.5, 0.6) is 11.5 Å². The maximum absolute atomic E-state index is 11.5. The van der Waals surface area contributed by atoms with Crippen molar-refractivity contribution in [2.75, 3.05) is 13.7 Å². The maximum atomic E-state index is 11.5. The fourth-order valence-corrected chi connectivity index (χ4v) is 2.36. The molecule has 1 aromatic heterocycles. The molecule has 0 radical (unpaired) electrons. The van der Waals surface area contributed by atoms with Crippen LogP contribution in [0.4, 0.5) is 0 Å². The van der Waals surface area contributed by atoms with Crippen LogP contribution < -0.4 is 14.9 Å². The quantitative estimate of drug-likeness (QED) is 0.791. The Morgan fingerprint density at radius 2 is 1.83 bits per heavy atom. The maximum Gasteiger partial charge on any atom is 0.182 e. The van der Waals surface area contributed by atoms with Gasteiger partial charge in [-0.2, -0.15) is 0 Å². The topological polar surface area (TPSA) is 40.5 Å². The van der Waals surface area contributed by atoms with Crippen molar-refractivity contribution >= 4 is 12.3 Å². The minimum atomic E-state index is 0.0202. The molecule has 4 heteroatoms. The Bertz CT molecular complexity index is 840. The van der Waals surface area contributed by atoms with Crippen LogP contribution in [0.25, 0.3) is 12.3 Å². The van der Waals surface area contributed by atoms with Gasteiger partial charge in [0.2, 0.25) is 0 Å². The van der Waals surface area contributed by atoms with Gasteiger partial charge in [-0.25, -0.2) is 0 Å². The summed E-state index contributed by atoms with van der Waals surface area (Å²) in [6.07, 6.45) is 3.89. The molecule has 0 atom stereocenters. The number of nitrogens with zero attached hydrogens (tertiary/aromatic N) is 1. The lowest BCUT2D eigenvalue weighted by atomic mass is 10.2. The average Bonchev–Trinajstić information content (AvgIpc) is 2.54. The van der Waals surface area contributed by atoms with Crippen LogP contribution in [0.3, 0.4) is 0 Å². The highest BCUT2D eigenvalue weighted by molar-refractivity contribution is 5.64. The molecule has 2 rings (SSSR count). The second-order valence-electron chi connectivity index (χ2n) is 5.29. The van der Waals surface area contributed by atoms with Crippen LogP contribution in [-0.2, 0) is 0 Å². The summed E-state index contributed by atoms with van der Waals surface area (Å²) in [4.78, 5) is 11.5. The first-order chi connectivity index (χ1) is 11.5. The van der Waals surface area contributed by atoms with Crippen LogP contribution in [0, 0.1) is 25.7 Å². The minimum Gasteiger partial charge on any atom is -0.493 e. The largest absolute Gasteiger partial charge is 0.493 e. The normalized spacial score (nSPS) is 10.3. The summed E-state index contributed by atoms with van der Waals surface area (Å²) in [5.74, 6) is 6.98. The zero-order valence-corrected chi connectivity index (χ0v) is 14.4. The van der Waals surface area contributed by atoms with Crippen molar-refractivity contribution in [2.45, 2.75) is 20.8 Å². The fourth-order valence-electron chi connectivity index (χ4n) is 2.36. The van der Waals surface area contributed by atoms with Gasteiger partial charge in [-0.15, -0.1) is 5.92 Å². The molecule has 0 fully saturated rings. The summed E-state index contributed by atoms with van der Waals surface area (Å²) in [6.45, 7) is 5.90. The van der Waals surface area contributed by atoms with Crippen molar-refractivity contribution in [1.29, 1.82) is 0 Å². The molecule has 2 aromatic rings. The molecule has 0 bridgehead atoms. The lowest BCUT2D eigenvalue weighted by molar-refractivity contribution is 0.331. The first-order valence-corrected chi connectivity index (χ1v) is 7.63. The SMILES string of the molecule is CC#CCOc1cc(/C=C/n2c(C)cc(=O)cc2C)ccc1OC. The molecule has 0 aliphatic rings. The highest BCUT2D eigenvalue weighted by atomic mass is 16.5. The molecule has 0 unspecified atom stereocenters. The predicted octanol–water partition coefficient (Wildman–Crippen LogP) is 3.50. The molecule has 0 aliphatic carbocycles. The van der Waals surface area contributed by atoms with Crippen molar-refractivity contribution in [3.63, 3.8) is 0 Å². The number of rotatable bonds is 5. The molecule has 124 valence electrons. The highest BCUT2D eigenvalue weighted by Crippen LogP contribution is 2.28. The van der Waals surface area contributed by atoms with Crippen molar-refractivity contribution in [1.82, 2.24) is 4.57 Å². The highest BCUT2D eigenvalue weighted by Gasteiger charge is 2.04. The third-order valence-electron chi connectivity index (χ3n) is 3.54. The number of methoxy groups -OCH3 is 1. The Hall–Kier alpha value is -2.93. The van der Waals surface area contributed by atoms with Crippen LogP contribution in [-0.4, -0.2) is 18.3 Å². The van der Waals surface area contributed by atoms with E-state index >= 15 is 0 Å². The van der Waals surface area contributed by atoms with E-state index < -0.39 is 0 Å². The molecule has 0 spiro atoms. The first-order valence-electron chi connectivity index (χ1n) is 7.63. The Morgan fingerprint density at radius 1 is 1.12 bits per heavy atom. The van der Waals surface area contributed by atoms with E-state index in [0.29, 0.717) is 18.1 Å². The van der Waals surface area contributed by atoms with Crippen molar-refractivity contribution < 1.29 is 9.47 Å². The van der Waals surface area contributed by atoms with E-state index in [2.05, 4.69) is 11.8 Å². The van der Waals surface area contributed by atoms with Gasteiger partial charge >= 0.3 is 0 Å². The summed E-state index contributed by atoms with van der Waals surface area (Å²) >= 11 is 0. The Labute approximate surface area is 142 Å². The zero-order chi connectivity index (χ0) is 17.5. The molecular formula is C20H21NO3. The summed E-state index contributed by atoms with van der Waals surface area (Å²) in [6, 6.07) is 8.94. The molecule has 4 nitrogen and oxygen atoms in total. The third-order valence-corrected chi connectivity index (χ3v) is 3.54. The summed E-state index contributed by atoms with van der Waals surface area (Å²) in [5, 5.41) is 0. The van der Waals surface area contributed by atoms with Gasteiger partial charge in [-0.1, -0.05) is 12.0 Å². The van der Waals surface area contributed by atoms with Gasteiger partial charge in [0.25, 0.3) is 0 Å². The smallest absolute Gasteiger partial charge is 0.182 e. The van der Waals surface area contributed by atoms with Crippen LogP contribution in [0.2, 0.25) is 0 Å². The molecular weight excluding hydrogens is 302 g/mol. The number of pyridine rings is 1. The monoisotopic (exact) mass is 323 g/mol.